The molecule has 24 heavy (non-hydrogen) atoms. The lowest BCUT2D eigenvalue weighted by atomic mass is 10.2. The molecule has 2 N–H and O–H groups in total. The van der Waals surface area contributed by atoms with Gasteiger partial charge in [0.25, 0.3) is 0 Å². The Kier molecular flexibility index (Phi) is 4.35. The van der Waals surface area contributed by atoms with Crippen LogP contribution < -0.4 is 0 Å². The van der Waals surface area contributed by atoms with Crippen LogP contribution in [0.5, 0.6) is 5.75 Å². The average molecular weight is 341 g/mol. The molecule has 1 heterocycles. The summed E-state index contributed by atoms with van der Waals surface area (Å²) in [4.78, 5) is 15.4. The van der Waals surface area contributed by atoms with Crippen molar-refractivity contribution < 1.29 is 15.0 Å². The number of carboxylic acid groups (broad SMARTS) is 1. The van der Waals surface area contributed by atoms with Crippen molar-refractivity contribution >= 4 is 29.5 Å². The minimum atomic E-state index is -0.981. The van der Waals surface area contributed by atoms with Crippen molar-refractivity contribution in [2.75, 3.05) is 0 Å². The molecule has 6 heteroatoms. The van der Waals surface area contributed by atoms with Gasteiger partial charge in [0.2, 0.25) is 0 Å². The Balaban J connectivity index is 1.95. The fraction of sp³-hybridized carbons (Fsp3) is 0. The molecule has 0 aliphatic rings. The van der Waals surface area contributed by atoms with Crippen molar-refractivity contribution in [2.45, 2.75) is 0 Å². The Morgan fingerprint density at radius 3 is 2.71 bits per heavy atom. The van der Waals surface area contributed by atoms with E-state index in [2.05, 4.69) is 4.99 Å². The summed E-state index contributed by atoms with van der Waals surface area (Å²) in [6.07, 6.45) is 3.40. The van der Waals surface area contributed by atoms with Gasteiger partial charge in [0, 0.05) is 23.0 Å². The number of aromatic hydroxyl groups is 1. The number of hydrogen-bond acceptors (Lipinski definition) is 3. The number of carboxylic acids is 1. The van der Waals surface area contributed by atoms with E-state index >= 15 is 0 Å². The second kappa shape index (κ2) is 6.60. The number of benzene rings is 2. The van der Waals surface area contributed by atoms with E-state index in [1.807, 2.05) is 29.0 Å². The quantitative estimate of drug-likeness (QED) is 0.696. The summed E-state index contributed by atoms with van der Waals surface area (Å²) in [5, 5.41) is 19.4. The molecule has 0 saturated heterocycles. The maximum Gasteiger partial charge on any atom is 0.335 e. The first-order valence-corrected chi connectivity index (χ1v) is 7.46. The molecule has 0 spiro atoms. The van der Waals surface area contributed by atoms with Gasteiger partial charge >= 0.3 is 5.97 Å². The van der Waals surface area contributed by atoms with Crippen molar-refractivity contribution in [1.82, 2.24) is 4.57 Å². The van der Waals surface area contributed by atoms with Gasteiger partial charge in [0.05, 0.1) is 17.5 Å². The maximum absolute atomic E-state index is 11.1. The molecule has 0 fully saturated rings. The minimum absolute atomic E-state index is 0.00951. The predicted molar refractivity (Wildman–Crippen MR) is 93.1 cm³/mol. The molecule has 120 valence electrons. The summed E-state index contributed by atoms with van der Waals surface area (Å²) in [5.74, 6) is -0.991. The standard InChI is InChI=1S/C18H13ClN2O3/c19-13-6-7-16(17(22)10-13)20-11-15-5-2-8-21(15)14-4-1-3-12(9-14)18(23)24/h1-11,22H,(H,23,24). The zero-order chi connectivity index (χ0) is 17.1. The predicted octanol–water partition coefficient (Wildman–Crippen LogP) is 4.29. The van der Waals surface area contributed by atoms with Gasteiger partial charge in [-0.3, -0.25) is 4.99 Å². The number of aliphatic imine (C=N–C) groups is 1. The highest BCUT2D eigenvalue weighted by Crippen LogP contribution is 2.29. The van der Waals surface area contributed by atoms with Crippen LogP contribution in [0.25, 0.3) is 5.69 Å². The third kappa shape index (κ3) is 3.31. The smallest absolute Gasteiger partial charge is 0.335 e. The van der Waals surface area contributed by atoms with E-state index in [-0.39, 0.29) is 11.3 Å². The average Bonchev–Trinajstić information content (AvgIpc) is 3.02. The summed E-state index contributed by atoms with van der Waals surface area (Å²) in [6, 6.07) is 15.0. The van der Waals surface area contributed by atoms with Crippen molar-refractivity contribution in [3.63, 3.8) is 0 Å². The van der Waals surface area contributed by atoms with Crippen LogP contribution in [0.3, 0.4) is 0 Å². The highest BCUT2D eigenvalue weighted by atomic mass is 35.5. The second-order valence-electron chi connectivity index (χ2n) is 5.05. The van der Waals surface area contributed by atoms with Crippen LogP contribution in [0.4, 0.5) is 5.69 Å². The fourth-order valence-corrected chi connectivity index (χ4v) is 2.43. The van der Waals surface area contributed by atoms with Crippen molar-refractivity contribution in [1.29, 1.82) is 0 Å². The van der Waals surface area contributed by atoms with Crippen molar-refractivity contribution in [3.8, 4) is 11.4 Å². The van der Waals surface area contributed by atoms with Gasteiger partial charge in [-0.2, -0.15) is 0 Å². The maximum atomic E-state index is 11.1. The van der Waals surface area contributed by atoms with Crippen LogP contribution in [-0.2, 0) is 0 Å². The number of carbonyl (C=O) groups is 1. The zero-order valence-corrected chi connectivity index (χ0v) is 13.2. The van der Waals surface area contributed by atoms with Crippen LogP contribution in [0.2, 0.25) is 5.02 Å². The Morgan fingerprint density at radius 2 is 1.96 bits per heavy atom. The number of halogens is 1. The summed E-state index contributed by atoms with van der Waals surface area (Å²) in [6.45, 7) is 0. The summed E-state index contributed by atoms with van der Waals surface area (Å²) >= 11 is 5.80. The number of phenols is 1. The van der Waals surface area contributed by atoms with Crippen molar-refractivity contribution in [2.24, 2.45) is 4.99 Å². The highest BCUT2D eigenvalue weighted by Gasteiger charge is 2.07. The molecule has 3 aromatic rings. The van der Waals surface area contributed by atoms with E-state index < -0.39 is 5.97 Å². The normalized spacial score (nSPS) is 11.0. The number of phenolic OH excluding ortho intramolecular Hbond substituents is 1. The molecule has 0 saturated carbocycles. The summed E-state index contributed by atoms with van der Waals surface area (Å²) in [7, 11) is 0. The summed E-state index contributed by atoms with van der Waals surface area (Å²) in [5.41, 5.74) is 2.06. The number of aromatic nitrogens is 1. The molecular formula is C18H13ClN2O3. The van der Waals surface area contributed by atoms with Crippen LogP contribution in [0, 0.1) is 0 Å². The lowest BCUT2D eigenvalue weighted by Gasteiger charge is -2.07. The van der Waals surface area contributed by atoms with E-state index in [9.17, 15) is 9.90 Å². The molecule has 5 nitrogen and oxygen atoms in total. The highest BCUT2D eigenvalue weighted by molar-refractivity contribution is 6.30. The van der Waals surface area contributed by atoms with Crippen LogP contribution in [-0.4, -0.2) is 27.0 Å². The molecule has 2 aromatic carbocycles. The first-order chi connectivity index (χ1) is 11.5. The molecule has 0 bridgehead atoms. The first-order valence-electron chi connectivity index (χ1n) is 7.08. The SMILES string of the molecule is O=C(O)c1cccc(-n2cccc2C=Nc2ccc(Cl)cc2O)c1. The van der Waals surface area contributed by atoms with Crippen LogP contribution >= 0.6 is 11.6 Å². The van der Waals surface area contributed by atoms with Gasteiger partial charge in [-0.1, -0.05) is 17.7 Å². The minimum Gasteiger partial charge on any atom is -0.506 e. The molecule has 0 radical (unpaired) electrons. The third-order valence-corrected chi connectivity index (χ3v) is 3.66. The van der Waals surface area contributed by atoms with Gasteiger partial charge in [-0.15, -0.1) is 0 Å². The molecule has 0 atom stereocenters. The molecule has 3 rings (SSSR count). The van der Waals surface area contributed by atoms with Crippen molar-refractivity contribution in [3.05, 3.63) is 77.1 Å². The lowest BCUT2D eigenvalue weighted by molar-refractivity contribution is 0.0697. The Bertz CT molecular complexity index is 932. The lowest BCUT2D eigenvalue weighted by Crippen LogP contribution is -2.01. The van der Waals surface area contributed by atoms with Gasteiger partial charge < -0.3 is 14.8 Å². The first kappa shape index (κ1) is 15.8. The van der Waals surface area contributed by atoms with E-state index in [1.54, 1.807) is 30.5 Å². The Hall–Kier alpha value is -3.05. The molecular weight excluding hydrogens is 328 g/mol. The van der Waals surface area contributed by atoms with Crippen LogP contribution in [0.1, 0.15) is 16.1 Å². The topological polar surface area (TPSA) is 74.8 Å². The van der Waals surface area contributed by atoms with E-state index in [0.29, 0.717) is 16.4 Å². The summed E-state index contributed by atoms with van der Waals surface area (Å²) < 4.78 is 1.81. The van der Waals surface area contributed by atoms with Crippen LogP contribution in [0.15, 0.2) is 65.8 Å². The van der Waals surface area contributed by atoms with E-state index in [1.165, 1.54) is 12.1 Å². The number of nitrogens with zero attached hydrogens (tertiary/aromatic N) is 2. The van der Waals surface area contributed by atoms with Gasteiger partial charge in [-0.25, -0.2) is 4.79 Å². The van der Waals surface area contributed by atoms with Gasteiger partial charge in [-0.05, 0) is 42.5 Å². The number of hydrogen-bond donors (Lipinski definition) is 2. The molecule has 0 aliphatic heterocycles. The number of aromatic carboxylic acids is 1. The molecule has 0 amide bonds. The Labute approximate surface area is 143 Å². The number of rotatable bonds is 4. The molecule has 0 aliphatic carbocycles. The molecule has 0 unspecified atom stereocenters. The zero-order valence-electron chi connectivity index (χ0n) is 12.4. The molecule has 1 aromatic heterocycles. The largest absolute Gasteiger partial charge is 0.506 e. The van der Waals surface area contributed by atoms with Gasteiger partial charge in [0.1, 0.15) is 11.4 Å². The van der Waals surface area contributed by atoms with E-state index in [0.717, 1.165) is 5.69 Å². The Morgan fingerprint density at radius 1 is 1.12 bits per heavy atom. The second-order valence-corrected chi connectivity index (χ2v) is 5.49. The monoisotopic (exact) mass is 340 g/mol. The van der Waals surface area contributed by atoms with Gasteiger partial charge in [0.15, 0.2) is 0 Å². The third-order valence-electron chi connectivity index (χ3n) is 3.42. The van der Waals surface area contributed by atoms with E-state index in [4.69, 9.17) is 16.7 Å². The fourth-order valence-electron chi connectivity index (χ4n) is 2.26.